The Kier molecular flexibility index (Phi) is 3.08. The summed E-state index contributed by atoms with van der Waals surface area (Å²) >= 11 is 0. The number of carbonyl (C=O) groups is 1. The van der Waals surface area contributed by atoms with Gasteiger partial charge < -0.3 is 20.4 Å². The van der Waals surface area contributed by atoms with Crippen molar-refractivity contribution in [2.24, 2.45) is 0 Å². The third kappa shape index (κ3) is 2.83. The molecule has 0 amide bonds. The molecule has 2 aliphatic rings. The highest BCUT2D eigenvalue weighted by molar-refractivity contribution is 6.12. The number of allylic oxidation sites excluding steroid dienone is 4. The van der Waals surface area contributed by atoms with Crippen LogP contribution in [0.1, 0.15) is 12.8 Å². The average molecular weight is 250 g/mol. The van der Waals surface area contributed by atoms with Crippen LogP contribution in [-0.2, 0) is 4.79 Å². The summed E-state index contributed by atoms with van der Waals surface area (Å²) in [6.45, 7) is 0. The van der Waals surface area contributed by atoms with Gasteiger partial charge in [0.1, 0.15) is 0 Å². The van der Waals surface area contributed by atoms with E-state index < -0.39 is 11.6 Å². The van der Waals surface area contributed by atoms with Crippen molar-refractivity contribution in [2.75, 3.05) is 0 Å². The fourth-order valence-corrected chi connectivity index (χ4v) is 1.74. The smallest absolute Gasteiger partial charge is 0.192 e. The Morgan fingerprint density at radius 1 is 0.889 bits per heavy atom. The van der Waals surface area contributed by atoms with Gasteiger partial charge in [-0.3, -0.25) is 4.79 Å². The molecule has 0 saturated carbocycles. The van der Waals surface area contributed by atoms with Crippen molar-refractivity contribution >= 4 is 5.78 Å². The van der Waals surface area contributed by atoms with Crippen molar-refractivity contribution in [2.45, 2.75) is 24.4 Å². The fraction of sp³-hybridized carbons (Fsp3) is 0.308. The van der Waals surface area contributed by atoms with E-state index in [9.17, 15) is 25.2 Å². The molecule has 0 aromatic carbocycles. The van der Waals surface area contributed by atoms with E-state index in [1.54, 1.807) is 0 Å². The molecule has 0 heterocycles. The average Bonchev–Trinajstić information content (AvgIpc) is 2.28. The molecule has 0 atom stereocenters. The molecule has 2 rings (SSSR count). The van der Waals surface area contributed by atoms with E-state index in [0.29, 0.717) is 11.1 Å². The zero-order valence-corrected chi connectivity index (χ0v) is 9.58. The molecule has 0 spiro atoms. The van der Waals surface area contributed by atoms with Gasteiger partial charge in [-0.15, -0.1) is 0 Å². The topological polar surface area (TPSA) is 98.0 Å². The van der Waals surface area contributed by atoms with Crippen LogP contribution in [0.5, 0.6) is 0 Å². The van der Waals surface area contributed by atoms with Crippen LogP contribution in [0.2, 0.25) is 0 Å². The van der Waals surface area contributed by atoms with Gasteiger partial charge in [0, 0.05) is 24.0 Å². The van der Waals surface area contributed by atoms with Crippen LogP contribution in [0, 0.1) is 0 Å². The SMILES string of the molecule is O=C(C1=CCC(O)(O)C=C1)C1=CCC(O)(O)C=C1. The Labute approximate surface area is 104 Å². The zero-order valence-electron chi connectivity index (χ0n) is 9.58. The van der Waals surface area contributed by atoms with Gasteiger partial charge in [-0.05, 0) is 12.2 Å². The number of aliphatic hydroxyl groups is 4. The molecule has 0 bridgehead atoms. The summed E-state index contributed by atoms with van der Waals surface area (Å²) in [6.07, 6.45) is 7.77. The predicted octanol–water partition coefficient (Wildman–Crippen LogP) is -0.310. The molecule has 2 aliphatic carbocycles. The monoisotopic (exact) mass is 250 g/mol. The van der Waals surface area contributed by atoms with Crippen molar-refractivity contribution < 1.29 is 25.2 Å². The van der Waals surface area contributed by atoms with E-state index >= 15 is 0 Å². The largest absolute Gasteiger partial charge is 0.362 e. The minimum absolute atomic E-state index is 0.0501. The molecule has 0 fully saturated rings. The summed E-state index contributed by atoms with van der Waals surface area (Å²) in [4.78, 5) is 12.0. The first-order valence-electron chi connectivity index (χ1n) is 5.52. The third-order valence-corrected chi connectivity index (χ3v) is 2.83. The van der Waals surface area contributed by atoms with Gasteiger partial charge in [-0.1, -0.05) is 24.3 Å². The van der Waals surface area contributed by atoms with E-state index in [1.165, 1.54) is 24.3 Å². The molecule has 5 heteroatoms. The van der Waals surface area contributed by atoms with Gasteiger partial charge in [0.25, 0.3) is 0 Å². The van der Waals surface area contributed by atoms with Crippen molar-refractivity contribution in [3.63, 3.8) is 0 Å². The minimum atomic E-state index is -1.90. The highest BCUT2D eigenvalue weighted by atomic mass is 16.5. The molecule has 0 saturated heterocycles. The minimum Gasteiger partial charge on any atom is -0.362 e. The van der Waals surface area contributed by atoms with Crippen LogP contribution in [0.4, 0.5) is 0 Å². The maximum Gasteiger partial charge on any atom is 0.192 e. The van der Waals surface area contributed by atoms with E-state index in [2.05, 4.69) is 0 Å². The van der Waals surface area contributed by atoms with Gasteiger partial charge in [-0.25, -0.2) is 0 Å². The lowest BCUT2D eigenvalue weighted by molar-refractivity contribution is -0.117. The Hall–Kier alpha value is -1.53. The predicted molar refractivity (Wildman–Crippen MR) is 63.0 cm³/mol. The van der Waals surface area contributed by atoms with Crippen LogP contribution in [0.3, 0.4) is 0 Å². The third-order valence-electron chi connectivity index (χ3n) is 2.83. The van der Waals surface area contributed by atoms with Crippen molar-refractivity contribution in [1.29, 1.82) is 0 Å². The molecule has 0 aromatic heterocycles. The van der Waals surface area contributed by atoms with Crippen LogP contribution < -0.4 is 0 Å². The first-order chi connectivity index (χ1) is 8.29. The quantitative estimate of drug-likeness (QED) is 0.504. The maximum atomic E-state index is 12.0. The second-order valence-electron chi connectivity index (χ2n) is 4.48. The van der Waals surface area contributed by atoms with Gasteiger partial charge in [-0.2, -0.15) is 0 Å². The fourth-order valence-electron chi connectivity index (χ4n) is 1.74. The Bertz CT molecular complexity index is 448. The van der Waals surface area contributed by atoms with Crippen LogP contribution >= 0.6 is 0 Å². The van der Waals surface area contributed by atoms with Crippen molar-refractivity contribution in [1.82, 2.24) is 0 Å². The highest BCUT2D eigenvalue weighted by Crippen LogP contribution is 2.24. The number of carbonyl (C=O) groups excluding carboxylic acids is 1. The van der Waals surface area contributed by atoms with Crippen LogP contribution in [0.15, 0.2) is 47.6 Å². The molecule has 96 valence electrons. The lowest BCUT2D eigenvalue weighted by atomic mass is 9.92. The number of Topliss-reactive ketones (excluding diaryl/α,β-unsaturated/α-hetero) is 1. The lowest BCUT2D eigenvalue weighted by Crippen LogP contribution is -2.28. The van der Waals surface area contributed by atoms with Gasteiger partial charge in [0.05, 0.1) is 0 Å². The van der Waals surface area contributed by atoms with E-state index in [4.69, 9.17) is 0 Å². The van der Waals surface area contributed by atoms with Crippen LogP contribution in [-0.4, -0.2) is 37.8 Å². The van der Waals surface area contributed by atoms with E-state index in [0.717, 1.165) is 12.2 Å². The standard InChI is InChI=1S/C13H14O5/c14-11(9-1-5-12(15,16)6-2-9)10-3-7-13(17,18)8-4-10/h1-5,7,15-18H,6,8H2. The Balaban J connectivity index is 2.12. The Morgan fingerprint density at radius 2 is 1.28 bits per heavy atom. The summed E-state index contributed by atoms with van der Waals surface area (Å²) in [7, 11) is 0. The first kappa shape index (κ1) is 12.9. The Morgan fingerprint density at radius 3 is 1.56 bits per heavy atom. The van der Waals surface area contributed by atoms with Gasteiger partial charge >= 0.3 is 0 Å². The molecule has 5 nitrogen and oxygen atoms in total. The van der Waals surface area contributed by atoms with Crippen molar-refractivity contribution in [3.05, 3.63) is 47.6 Å². The summed E-state index contributed by atoms with van der Waals surface area (Å²) in [6, 6.07) is 0. The molecule has 0 unspecified atom stereocenters. The number of hydrogen-bond donors (Lipinski definition) is 4. The molecular formula is C13H14O5. The zero-order chi connectivity index (χ0) is 13.4. The number of rotatable bonds is 2. The van der Waals surface area contributed by atoms with Crippen LogP contribution in [0.25, 0.3) is 0 Å². The maximum absolute atomic E-state index is 12.0. The second kappa shape index (κ2) is 4.29. The summed E-state index contributed by atoms with van der Waals surface area (Å²) in [5, 5.41) is 37.1. The summed E-state index contributed by atoms with van der Waals surface area (Å²) in [5.41, 5.74) is 0.709. The van der Waals surface area contributed by atoms with E-state index in [1.807, 2.05) is 0 Å². The summed E-state index contributed by atoms with van der Waals surface area (Å²) in [5.74, 6) is -4.08. The summed E-state index contributed by atoms with van der Waals surface area (Å²) < 4.78 is 0. The van der Waals surface area contributed by atoms with E-state index in [-0.39, 0.29) is 18.6 Å². The number of hydrogen-bond acceptors (Lipinski definition) is 5. The molecule has 0 aromatic rings. The lowest BCUT2D eigenvalue weighted by Gasteiger charge is -2.21. The second-order valence-corrected chi connectivity index (χ2v) is 4.48. The normalized spacial score (nSPS) is 24.4. The number of ketones is 1. The van der Waals surface area contributed by atoms with Gasteiger partial charge in [0.15, 0.2) is 17.4 Å². The first-order valence-corrected chi connectivity index (χ1v) is 5.52. The molecule has 18 heavy (non-hydrogen) atoms. The highest BCUT2D eigenvalue weighted by Gasteiger charge is 2.26. The molecule has 4 N–H and O–H groups in total. The molecular weight excluding hydrogens is 236 g/mol. The van der Waals surface area contributed by atoms with Crippen molar-refractivity contribution in [3.8, 4) is 0 Å². The molecule has 0 radical (unpaired) electrons. The van der Waals surface area contributed by atoms with Gasteiger partial charge in [0.2, 0.25) is 0 Å². The molecule has 0 aliphatic heterocycles.